The minimum Gasteiger partial charge on any atom is -0.508 e. The zero-order valence-electron chi connectivity index (χ0n) is 12.4. The summed E-state index contributed by atoms with van der Waals surface area (Å²) in [5.41, 5.74) is 2.38. The number of phenolic OH excluding ortho intramolecular Hbond substituents is 1. The summed E-state index contributed by atoms with van der Waals surface area (Å²) in [5, 5.41) is 10.2. The Morgan fingerprint density at radius 2 is 1.67 bits per heavy atom. The summed E-state index contributed by atoms with van der Waals surface area (Å²) in [6.45, 7) is 0. The van der Waals surface area contributed by atoms with E-state index < -0.39 is 11.6 Å². The molecule has 0 unspecified atom stereocenters. The lowest BCUT2D eigenvalue weighted by Gasteiger charge is -2.05. The summed E-state index contributed by atoms with van der Waals surface area (Å²) in [6.07, 6.45) is 3.19. The average Bonchev–Trinajstić information content (AvgIpc) is 2.98. The number of aromatic amines is 1. The van der Waals surface area contributed by atoms with Crippen LogP contribution in [0.15, 0.2) is 60.9 Å². The SMILES string of the molecule is Oc1cccc(-c2cnc3[nH]cc(-c4c(F)cccc4F)c3c2)c1. The molecule has 0 aliphatic heterocycles. The molecule has 5 heteroatoms. The van der Waals surface area contributed by atoms with E-state index in [0.717, 1.165) is 11.1 Å². The van der Waals surface area contributed by atoms with Gasteiger partial charge in [-0.2, -0.15) is 0 Å². The van der Waals surface area contributed by atoms with Crippen molar-refractivity contribution in [1.82, 2.24) is 9.97 Å². The van der Waals surface area contributed by atoms with Gasteiger partial charge in [0.25, 0.3) is 0 Å². The Labute approximate surface area is 136 Å². The van der Waals surface area contributed by atoms with Gasteiger partial charge in [0.15, 0.2) is 0 Å². The second-order valence-corrected chi connectivity index (χ2v) is 5.47. The molecule has 24 heavy (non-hydrogen) atoms. The van der Waals surface area contributed by atoms with Gasteiger partial charge in [-0.1, -0.05) is 18.2 Å². The quantitative estimate of drug-likeness (QED) is 0.552. The molecule has 0 fully saturated rings. The second kappa shape index (κ2) is 5.45. The van der Waals surface area contributed by atoms with E-state index >= 15 is 0 Å². The monoisotopic (exact) mass is 322 g/mol. The summed E-state index contributed by atoms with van der Waals surface area (Å²) in [4.78, 5) is 7.25. The highest BCUT2D eigenvalue weighted by Gasteiger charge is 2.16. The molecule has 2 heterocycles. The zero-order valence-corrected chi connectivity index (χ0v) is 12.4. The van der Waals surface area contributed by atoms with Crippen LogP contribution in [0.25, 0.3) is 33.3 Å². The first-order chi connectivity index (χ1) is 11.6. The number of benzene rings is 2. The molecule has 0 aliphatic carbocycles. The van der Waals surface area contributed by atoms with Crippen molar-refractivity contribution < 1.29 is 13.9 Å². The first-order valence-corrected chi connectivity index (χ1v) is 7.34. The van der Waals surface area contributed by atoms with Crippen molar-refractivity contribution in [3.63, 3.8) is 0 Å². The Balaban J connectivity index is 1.94. The van der Waals surface area contributed by atoms with E-state index in [1.54, 1.807) is 36.7 Å². The molecule has 0 amide bonds. The number of hydrogen-bond acceptors (Lipinski definition) is 2. The third-order valence-corrected chi connectivity index (χ3v) is 3.94. The van der Waals surface area contributed by atoms with Crippen LogP contribution in [0.3, 0.4) is 0 Å². The maximum absolute atomic E-state index is 14.1. The number of H-pyrrole nitrogens is 1. The number of halogens is 2. The van der Waals surface area contributed by atoms with Gasteiger partial charge >= 0.3 is 0 Å². The van der Waals surface area contributed by atoms with Gasteiger partial charge in [0.1, 0.15) is 23.0 Å². The van der Waals surface area contributed by atoms with Crippen LogP contribution in [0.2, 0.25) is 0 Å². The molecule has 2 aromatic carbocycles. The number of hydrogen-bond donors (Lipinski definition) is 2. The molecule has 0 atom stereocenters. The van der Waals surface area contributed by atoms with Crippen LogP contribution >= 0.6 is 0 Å². The zero-order chi connectivity index (χ0) is 16.7. The molecular formula is C19H12F2N2O. The van der Waals surface area contributed by atoms with E-state index in [1.165, 1.54) is 18.2 Å². The maximum atomic E-state index is 14.1. The van der Waals surface area contributed by atoms with Gasteiger partial charge in [0.2, 0.25) is 0 Å². The molecule has 0 aliphatic rings. The molecule has 0 saturated carbocycles. The van der Waals surface area contributed by atoms with Crippen molar-refractivity contribution in [2.45, 2.75) is 0 Å². The minimum atomic E-state index is -0.626. The number of pyridine rings is 1. The third-order valence-electron chi connectivity index (χ3n) is 3.94. The highest BCUT2D eigenvalue weighted by molar-refractivity contribution is 5.96. The van der Waals surface area contributed by atoms with Crippen molar-refractivity contribution in [1.29, 1.82) is 0 Å². The second-order valence-electron chi connectivity index (χ2n) is 5.47. The van der Waals surface area contributed by atoms with Crippen molar-refractivity contribution >= 4 is 11.0 Å². The van der Waals surface area contributed by atoms with Gasteiger partial charge in [0.05, 0.1) is 5.56 Å². The molecule has 4 aromatic rings. The lowest BCUT2D eigenvalue weighted by atomic mass is 10.0. The van der Waals surface area contributed by atoms with Gasteiger partial charge in [0, 0.05) is 28.9 Å². The number of rotatable bonds is 2. The third kappa shape index (κ3) is 2.31. The highest BCUT2D eigenvalue weighted by Crippen LogP contribution is 2.34. The van der Waals surface area contributed by atoms with Gasteiger partial charge in [-0.05, 0) is 35.9 Å². The van der Waals surface area contributed by atoms with Crippen molar-refractivity contribution in [2.75, 3.05) is 0 Å². The summed E-state index contributed by atoms with van der Waals surface area (Å²) < 4.78 is 28.2. The Hall–Kier alpha value is -3.21. The van der Waals surface area contributed by atoms with E-state index in [0.29, 0.717) is 16.6 Å². The van der Waals surface area contributed by atoms with Crippen molar-refractivity contribution in [3.8, 4) is 28.0 Å². The van der Waals surface area contributed by atoms with Gasteiger partial charge in [-0.3, -0.25) is 0 Å². The normalized spacial score (nSPS) is 11.1. The standard InChI is InChI=1S/C19H12F2N2O/c20-16-5-2-6-17(21)18(16)15-10-23-19-14(15)8-12(9-22-19)11-3-1-4-13(24)7-11/h1-10,24H,(H,22,23). The highest BCUT2D eigenvalue weighted by atomic mass is 19.1. The molecule has 0 saturated heterocycles. The predicted molar refractivity (Wildman–Crippen MR) is 88.5 cm³/mol. The first kappa shape index (κ1) is 14.4. The van der Waals surface area contributed by atoms with E-state index in [-0.39, 0.29) is 11.3 Å². The van der Waals surface area contributed by atoms with Crippen LogP contribution < -0.4 is 0 Å². The molecule has 2 N–H and O–H groups in total. The number of aromatic hydroxyl groups is 1. The van der Waals surface area contributed by atoms with Crippen LogP contribution in [0.4, 0.5) is 8.78 Å². The number of nitrogens with zero attached hydrogens (tertiary/aromatic N) is 1. The summed E-state index contributed by atoms with van der Waals surface area (Å²) >= 11 is 0. The van der Waals surface area contributed by atoms with Gasteiger partial charge < -0.3 is 10.1 Å². The molecular weight excluding hydrogens is 310 g/mol. The first-order valence-electron chi connectivity index (χ1n) is 7.34. The fourth-order valence-electron chi connectivity index (χ4n) is 2.81. The molecule has 3 nitrogen and oxygen atoms in total. The Bertz CT molecular complexity index is 1040. The Morgan fingerprint density at radius 3 is 2.42 bits per heavy atom. The van der Waals surface area contributed by atoms with E-state index in [9.17, 15) is 13.9 Å². The minimum absolute atomic E-state index is 0.0846. The van der Waals surface area contributed by atoms with Crippen LogP contribution in [-0.2, 0) is 0 Å². The van der Waals surface area contributed by atoms with Crippen molar-refractivity contribution in [3.05, 3.63) is 72.6 Å². The van der Waals surface area contributed by atoms with Crippen molar-refractivity contribution in [2.24, 2.45) is 0 Å². The molecule has 2 aromatic heterocycles. The number of fused-ring (bicyclic) bond motifs is 1. The lowest BCUT2D eigenvalue weighted by molar-refractivity contribution is 0.475. The predicted octanol–water partition coefficient (Wildman–Crippen LogP) is 4.88. The van der Waals surface area contributed by atoms with E-state index in [4.69, 9.17) is 0 Å². The van der Waals surface area contributed by atoms with E-state index in [2.05, 4.69) is 9.97 Å². The Kier molecular flexibility index (Phi) is 3.27. The van der Waals surface area contributed by atoms with Crippen LogP contribution in [-0.4, -0.2) is 15.1 Å². The molecule has 118 valence electrons. The van der Waals surface area contributed by atoms with Gasteiger partial charge in [-0.15, -0.1) is 0 Å². The summed E-state index contributed by atoms with van der Waals surface area (Å²) in [7, 11) is 0. The lowest BCUT2D eigenvalue weighted by Crippen LogP contribution is -1.89. The summed E-state index contributed by atoms with van der Waals surface area (Å²) in [5.74, 6) is -1.11. The van der Waals surface area contributed by atoms with Crippen LogP contribution in [0, 0.1) is 11.6 Å². The number of nitrogens with one attached hydrogen (secondary N) is 1. The Morgan fingerprint density at radius 1 is 0.917 bits per heavy atom. The smallest absolute Gasteiger partial charge is 0.137 e. The molecule has 0 bridgehead atoms. The fraction of sp³-hybridized carbons (Fsp3) is 0. The average molecular weight is 322 g/mol. The largest absolute Gasteiger partial charge is 0.508 e. The number of aromatic nitrogens is 2. The topological polar surface area (TPSA) is 48.9 Å². The molecule has 4 rings (SSSR count). The number of phenols is 1. The van der Waals surface area contributed by atoms with Crippen LogP contribution in [0.1, 0.15) is 0 Å². The molecule has 0 radical (unpaired) electrons. The molecule has 0 spiro atoms. The van der Waals surface area contributed by atoms with Crippen LogP contribution in [0.5, 0.6) is 5.75 Å². The van der Waals surface area contributed by atoms with E-state index in [1.807, 2.05) is 6.07 Å². The summed E-state index contributed by atoms with van der Waals surface area (Å²) in [6, 6.07) is 12.3. The maximum Gasteiger partial charge on any atom is 0.137 e. The fourth-order valence-corrected chi connectivity index (χ4v) is 2.81. The van der Waals surface area contributed by atoms with Gasteiger partial charge in [-0.25, -0.2) is 13.8 Å².